The molecular weight excluding hydrogens is 282 g/mol. The van der Waals surface area contributed by atoms with Gasteiger partial charge in [0.25, 0.3) is 0 Å². The topological polar surface area (TPSA) is 46.2 Å². The monoisotopic (exact) mass is 307 g/mol. The van der Waals surface area contributed by atoms with Crippen molar-refractivity contribution in [1.29, 1.82) is 0 Å². The van der Waals surface area contributed by atoms with E-state index in [-0.39, 0.29) is 6.04 Å². The molecule has 0 radical (unpaired) electrons. The van der Waals surface area contributed by atoms with Crippen molar-refractivity contribution in [3.05, 3.63) is 0 Å². The second-order valence-electron chi connectivity index (χ2n) is 6.21. The molecule has 0 saturated heterocycles. The van der Waals surface area contributed by atoms with Crippen LogP contribution in [0.25, 0.3) is 0 Å². The van der Waals surface area contributed by atoms with Crippen LogP contribution in [0, 0.1) is 11.8 Å². The molecule has 0 aromatic heterocycles. The largest absolute Gasteiger partial charge is 0.212 e. The van der Waals surface area contributed by atoms with Gasteiger partial charge in [0.05, 0.1) is 5.75 Å². The summed E-state index contributed by atoms with van der Waals surface area (Å²) in [6, 6.07) is 0.0693. The van der Waals surface area contributed by atoms with Gasteiger partial charge >= 0.3 is 0 Å². The van der Waals surface area contributed by atoms with Gasteiger partial charge in [-0.2, -0.15) is 0 Å². The normalized spacial score (nSPS) is 30.4. The summed E-state index contributed by atoms with van der Waals surface area (Å²) < 4.78 is 27.5. The van der Waals surface area contributed by atoms with Crippen LogP contribution in [-0.4, -0.2) is 26.1 Å². The summed E-state index contributed by atoms with van der Waals surface area (Å²) in [5.41, 5.74) is 0. The maximum absolute atomic E-state index is 12.3. The van der Waals surface area contributed by atoms with Crippen LogP contribution in [0.1, 0.15) is 57.8 Å². The highest BCUT2D eigenvalue weighted by Gasteiger charge is 2.29. The van der Waals surface area contributed by atoms with Gasteiger partial charge in [0, 0.05) is 11.9 Å². The minimum Gasteiger partial charge on any atom is -0.212 e. The van der Waals surface area contributed by atoms with Crippen molar-refractivity contribution >= 4 is 21.6 Å². The lowest BCUT2D eigenvalue weighted by atomic mass is 9.86. The van der Waals surface area contributed by atoms with Crippen LogP contribution < -0.4 is 4.72 Å². The van der Waals surface area contributed by atoms with Gasteiger partial charge in [-0.3, -0.25) is 0 Å². The number of halogens is 1. The third kappa shape index (κ3) is 4.91. The molecule has 2 fully saturated rings. The molecule has 112 valence electrons. The smallest absolute Gasteiger partial charge is 0.212 e. The summed E-state index contributed by atoms with van der Waals surface area (Å²) in [5, 5.41) is 0. The highest BCUT2D eigenvalue weighted by atomic mass is 35.5. The molecule has 0 amide bonds. The van der Waals surface area contributed by atoms with Crippen molar-refractivity contribution in [2.75, 3.05) is 11.6 Å². The molecule has 3 nitrogen and oxygen atoms in total. The molecular formula is C14H26ClNO2S. The van der Waals surface area contributed by atoms with Gasteiger partial charge in [0.15, 0.2) is 0 Å². The van der Waals surface area contributed by atoms with Gasteiger partial charge in [-0.25, -0.2) is 13.1 Å². The third-order valence-electron chi connectivity index (χ3n) is 4.62. The molecule has 0 spiro atoms. The highest BCUT2D eigenvalue weighted by Crippen LogP contribution is 2.28. The Kier molecular flexibility index (Phi) is 5.97. The Balaban J connectivity index is 1.88. The van der Waals surface area contributed by atoms with E-state index >= 15 is 0 Å². The van der Waals surface area contributed by atoms with E-state index in [2.05, 4.69) is 4.72 Å². The Morgan fingerprint density at radius 2 is 1.58 bits per heavy atom. The van der Waals surface area contributed by atoms with Crippen molar-refractivity contribution in [2.24, 2.45) is 11.8 Å². The Morgan fingerprint density at radius 3 is 2.26 bits per heavy atom. The fourth-order valence-corrected chi connectivity index (χ4v) is 5.68. The minimum atomic E-state index is -3.13. The predicted octanol–water partition coefficient (Wildman–Crippen LogP) is 3.28. The fraction of sp³-hybridized carbons (Fsp3) is 1.00. The van der Waals surface area contributed by atoms with Crippen molar-refractivity contribution in [2.45, 2.75) is 63.8 Å². The SMILES string of the molecule is O=S(=O)(CC1CCCCC1)NC1CCCCC1CCl. The fourth-order valence-electron chi connectivity index (χ4n) is 3.49. The van der Waals surface area contributed by atoms with Gasteiger partial charge in [0.2, 0.25) is 10.0 Å². The van der Waals surface area contributed by atoms with Gasteiger partial charge in [-0.05, 0) is 37.5 Å². The quantitative estimate of drug-likeness (QED) is 0.792. The van der Waals surface area contributed by atoms with Crippen LogP contribution in [-0.2, 0) is 10.0 Å². The van der Waals surface area contributed by atoms with Crippen molar-refractivity contribution in [1.82, 2.24) is 4.72 Å². The molecule has 0 aliphatic heterocycles. The second kappa shape index (κ2) is 7.28. The summed E-state index contributed by atoms with van der Waals surface area (Å²) >= 11 is 5.96. The van der Waals surface area contributed by atoms with Gasteiger partial charge in [-0.1, -0.05) is 32.1 Å². The minimum absolute atomic E-state index is 0.0693. The molecule has 2 unspecified atom stereocenters. The summed E-state index contributed by atoms with van der Waals surface area (Å²) in [4.78, 5) is 0. The zero-order valence-corrected chi connectivity index (χ0v) is 13.2. The molecule has 0 aromatic carbocycles. The average Bonchev–Trinajstić information content (AvgIpc) is 2.39. The summed E-state index contributed by atoms with van der Waals surface area (Å²) in [7, 11) is -3.13. The molecule has 2 atom stereocenters. The van der Waals surface area contributed by atoms with Crippen LogP contribution in [0.4, 0.5) is 0 Å². The number of nitrogens with one attached hydrogen (secondary N) is 1. The Morgan fingerprint density at radius 1 is 0.947 bits per heavy atom. The second-order valence-corrected chi connectivity index (χ2v) is 8.32. The number of alkyl halides is 1. The lowest BCUT2D eigenvalue weighted by Crippen LogP contribution is -2.44. The molecule has 19 heavy (non-hydrogen) atoms. The van der Waals surface area contributed by atoms with Crippen LogP contribution in [0.15, 0.2) is 0 Å². The molecule has 2 saturated carbocycles. The molecule has 0 aromatic rings. The van der Waals surface area contributed by atoms with Crippen LogP contribution >= 0.6 is 11.6 Å². The summed E-state index contributed by atoms with van der Waals surface area (Å²) in [6.45, 7) is 0. The number of hydrogen-bond donors (Lipinski definition) is 1. The van der Waals surface area contributed by atoms with E-state index in [4.69, 9.17) is 11.6 Å². The maximum Gasteiger partial charge on any atom is 0.212 e. The maximum atomic E-state index is 12.3. The first-order valence-electron chi connectivity index (χ1n) is 7.66. The van der Waals surface area contributed by atoms with E-state index < -0.39 is 10.0 Å². The van der Waals surface area contributed by atoms with Crippen LogP contribution in [0.2, 0.25) is 0 Å². The van der Waals surface area contributed by atoms with Gasteiger partial charge in [0.1, 0.15) is 0 Å². The highest BCUT2D eigenvalue weighted by molar-refractivity contribution is 7.89. The summed E-state index contributed by atoms with van der Waals surface area (Å²) in [5.74, 6) is 1.57. The Labute approximate surface area is 122 Å². The first kappa shape index (κ1) is 15.6. The predicted molar refractivity (Wildman–Crippen MR) is 80.0 cm³/mol. The van der Waals surface area contributed by atoms with Crippen LogP contribution in [0.3, 0.4) is 0 Å². The lowest BCUT2D eigenvalue weighted by molar-refractivity contribution is 0.312. The molecule has 2 rings (SSSR count). The number of rotatable bonds is 5. The number of hydrogen-bond acceptors (Lipinski definition) is 2. The molecule has 0 heterocycles. The zero-order valence-electron chi connectivity index (χ0n) is 11.6. The van der Waals surface area contributed by atoms with Crippen molar-refractivity contribution < 1.29 is 8.42 Å². The van der Waals surface area contributed by atoms with Crippen LogP contribution in [0.5, 0.6) is 0 Å². The van der Waals surface area contributed by atoms with E-state index in [0.29, 0.717) is 23.5 Å². The standard InChI is InChI=1S/C14H26ClNO2S/c15-10-13-8-4-5-9-14(13)16-19(17,18)11-12-6-2-1-3-7-12/h12-14,16H,1-11H2. The first-order valence-corrected chi connectivity index (χ1v) is 9.85. The molecule has 0 bridgehead atoms. The summed E-state index contributed by atoms with van der Waals surface area (Å²) in [6.07, 6.45) is 10.1. The number of sulfonamides is 1. The van der Waals surface area contributed by atoms with E-state index in [1.54, 1.807) is 0 Å². The third-order valence-corrected chi connectivity index (χ3v) is 6.59. The molecule has 5 heteroatoms. The Bertz CT molecular complexity index is 366. The first-order chi connectivity index (χ1) is 9.11. The van der Waals surface area contributed by atoms with E-state index in [1.807, 2.05) is 0 Å². The van der Waals surface area contributed by atoms with Crippen molar-refractivity contribution in [3.8, 4) is 0 Å². The molecule has 2 aliphatic rings. The van der Waals surface area contributed by atoms with E-state index in [0.717, 1.165) is 32.1 Å². The zero-order chi connectivity index (χ0) is 13.7. The van der Waals surface area contributed by atoms with E-state index in [9.17, 15) is 8.42 Å². The molecule has 1 N–H and O–H groups in total. The lowest BCUT2D eigenvalue weighted by Gasteiger charge is -2.31. The molecule has 2 aliphatic carbocycles. The van der Waals surface area contributed by atoms with Crippen molar-refractivity contribution in [3.63, 3.8) is 0 Å². The van der Waals surface area contributed by atoms with Gasteiger partial charge in [-0.15, -0.1) is 11.6 Å². The van der Waals surface area contributed by atoms with E-state index in [1.165, 1.54) is 25.7 Å². The Hall–Kier alpha value is 0.200. The average molecular weight is 308 g/mol. The van der Waals surface area contributed by atoms with Gasteiger partial charge < -0.3 is 0 Å².